The Morgan fingerprint density at radius 1 is 1.46 bits per heavy atom. The number of aromatic nitrogens is 1. The van der Waals surface area contributed by atoms with Gasteiger partial charge in [-0.1, -0.05) is 0 Å². The molecular weight excluding hydrogens is 168 g/mol. The van der Waals surface area contributed by atoms with E-state index in [2.05, 4.69) is 4.98 Å². The quantitative estimate of drug-likeness (QED) is 0.707. The highest BCUT2D eigenvalue weighted by atomic mass is 16.5. The van der Waals surface area contributed by atoms with E-state index < -0.39 is 0 Å². The molecule has 0 radical (unpaired) electrons. The van der Waals surface area contributed by atoms with Gasteiger partial charge >= 0.3 is 0 Å². The first-order valence-electron chi connectivity index (χ1n) is 4.69. The molecule has 2 fully saturated rings. The van der Waals surface area contributed by atoms with Gasteiger partial charge in [-0.25, -0.2) is 4.98 Å². The van der Waals surface area contributed by atoms with E-state index >= 15 is 0 Å². The van der Waals surface area contributed by atoms with Gasteiger partial charge in [0.15, 0.2) is 0 Å². The van der Waals surface area contributed by atoms with Gasteiger partial charge in [0.2, 0.25) is 0 Å². The standard InChI is InChI=1S/C9H12N2O2/c10-9-11-4-8(13-9)6-3-5-1-2-7(6)12-5/h4-7H,1-3H2,(H2,10,11). The molecule has 0 amide bonds. The second-order valence-electron chi connectivity index (χ2n) is 3.82. The van der Waals surface area contributed by atoms with E-state index in [9.17, 15) is 0 Å². The summed E-state index contributed by atoms with van der Waals surface area (Å²) in [5, 5.41) is 0. The van der Waals surface area contributed by atoms with Crippen molar-refractivity contribution >= 4 is 6.01 Å². The fraction of sp³-hybridized carbons (Fsp3) is 0.667. The van der Waals surface area contributed by atoms with Crippen molar-refractivity contribution in [3.8, 4) is 0 Å². The Kier molecular flexibility index (Phi) is 1.41. The van der Waals surface area contributed by atoms with E-state index in [1.165, 1.54) is 6.42 Å². The van der Waals surface area contributed by atoms with Crippen molar-refractivity contribution in [3.05, 3.63) is 12.0 Å². The van der Waals surface area contributed by atoms with Crippen LogP contribution in [0.3, 0.4) is 0 Å². The van der Waals surface area contributed by atoms with Crippen LogP contribution in [0.4, 0.5) is 6.01 Å². The lowest BCUT2D eigenvalue weighted by atomic mass is 9.88. The van der Waals surface area contributed by atoms with E-state index in [0.717, 1.165) is 18.6 Å². The zero-order valence-corrected chi connectivity index (χ0v) is 7.27. The minimum absolute atomic E-state index is 0.262. The SMILES string of the molecule is Nc1ncc(C2CC3CCC2O3)o1. The number of hydrogen-bond acceptors (Lipinski definition) is 4. The minimum atomic E-state index is 0.262. The Morgan fingerprint density at radius 3 is 2.92 bits per heavy atom. The first-order valence-corrected chi connectivity index (χ1v) is 4.69. The summed E-state index contributed by atoms with van der Waals surface area (Å²) in [4.78, 5) is 3.90. The van der Waals surface area contributed by atoms with Crippen molar-refractivity contribution < 1.29 is 9.15 Å². The van der Waals surface area contributed by atoms with Crippen LogP contribution in [-0.4, -0.2) is 17.2 Å². The zero-order chi connectivity index (χ0) is 8.84. The van der Waals surface area contributed by atoms with Gasteiger partial charge in [-0.15, -0.1) is 0 Å². The second-order valence-corrected chi connectivity index (χ2v) is 3.82. The number of nitrogens with zero attached hydrogens (tertiary/aromatic N) is 1. The van der Waals surface area contributed by atoms with E-state index in [-0.39, 0.29) is 6.01 Å². The van der Waals surface area contributed by atoms with Crippen LogP contribution in [-0.2, 0) is 4.74 Å². The fourth-order valence-electron chi connectivity index (χ4n) is 2.41. The van der Waals surface area contributed by atoms with Crippen LogP contribution in [0, 0.1) is 0 Å². The van der Waals surface area contributed by atoms with E-state index in [4.69, 9.17) is 14.9 Å². The third-order valence-corrected chi connectivity index (χ3v) is 3.01. The smallest absolute Gasteiger partial charge is 0.292 e. The first kappa shape index (κ1) is 7.38. The summed E-state index contributed by atoms with van der Waals surface area (Å²) in [5.74, 6) is 1.29. The van der Waals surface area contributed by atoms with Crippen molar-refractivity contribution in [2.75, 3.05) is 5.73 Å². The topological polar surface area (TPSA) is 61.3 Å². The van der Waals surface area contributed by atoms with Crippen molar-refractivity contribution in [1.82, 2.24) is 4.98 Å². The summed E-state index contributed by atoms with van der Waals surface area (Å²) >= 11 is 0. The predicted molar refractivity (Wildman–Crippen MR) is 46.2 cm³/mol. The molecule has 0 aromatic carbocycles. The number of oxazole rings is 1. The highest BCUT2D eigenvalue weighted by molar-refractivity contribution is 5.17. The van der Waals surface area contributed by atoms with Crippen molar-refractivity contribution in [3.63, 3.8) is 0 Å². The monoisotopic (exact) mass is 180 g/mol. The van der Waals surface area contributed by atoms with Gasteiger partial charge in [0.1, 0.15) is 5.76 Å². The second kappa shape index (κ2) is 2.48. The molecule has 2 aliphatic rings. The number of rotatable bonds is 1. The van der Waals surface area contributed by atoms with Gasteiger partial charge in [-0.2, -0.15) is 0 Å². The Labute approximate surface area is 76.1 Å². The molecule has 70 valence electrons. The lowest BCUT2D eigenvalue weighted by Crippen LogP contribution is -2.13. The Morgan fingerprint density at radius 2 is 2.38 bits per heavy atom. The maximum absolute atomic E-state index is 5.72. The third-order valence-electron chi connectivity index (χ3n) is 3.01. The van der Waals surface area contributed by atoms with Crippen LogP contribution in [0.2, 0.25) is 0 Å². The van der Waals surface area contributed by atoms with Gasteiger partial charge in [0.05, 0.1) is 18.4 Å². The molecule has 2 saturated heterocycles. The molecule has 3 unspecified atom stereocenters. The van der Waals surface area contributed by atoms with Gasteiger partial charge in [-0.3, -0.25) is 0 Å². The van der Waals surface area contributed by atoms with Gasteiger partial charge in [0.25, 0.3) is 6.01 Å². The summed E-state index contributed by atoms with van der Waals surface area (Å²) in [6.45, 7) is 0. The molecule has 4 heteroatoms. The largest absolute Gasteiger partial charge is 0.429 e. The number of fused-ring (bicyclic) bond motifs is 2. The number of hydrogen-bond donors (Lipinski definition) is 1. The van der Waals surface area contributed by atoms with Crippen molar-refractivity contribution in [1.29, 1.82) is 0 Å². The summed E-state index contributed by atoms with van der Waals surface area (Å²) in [5.41, 5.74) is 5.43. The maximum Gasteiger partial charge on any atom is 0.292 e. The molecule has 4 nitrogen and oxygen atoms in total. The molecule has 2 aliphatic heterocycles. The van der Waals surface area contributed by atoms with Crippen LogP contribution in [0.25, 0.3) is 0 Å². The fourth-order valence-corrected chi connectivity index (χ4v) is 2.41. The van der Waals surface area contributed by atoms with E-state index in [0.29, 0.717) is 18.1 Å². The molecule has 2 bridgehead atoms. The molecule has 2 N–H and O–H groups in total. The average molecular weight is 180 g/mol. The molecule has 0 spiro atoms. The lowest BCUT2D eigenvalue weighted by Gasteiger charge is -2.14. The van der Waals surface area contributed by atoms with Crippen molar-refractivity contribution in [2.24, 2.45) is 0 Å². The number of nitrogen functional groups attached to an aromatic ring is 1. The summed E-state index contributed by atoms with van der Waals surface area (Å²) in [6, 6.07) is 0.262. The molecule has 3 atom stereocenters. The van der Waals surface area contributed by atoms with Gasteiger partial charge in [-0.05, 0) is 19.3 Å². The van der Waals surface area contributed by atoms with Crippen LogP contribution < -0.4 is 5.73 Å². The zero-order valence-electron chi connectivity index (χ0n) is 7.27. The summed E-state index contributed by atoms with van der Waals surface area (Å²) in [6.07, 6.45) is 5.93. The molecule has 3 heterocycles. The summed E-state index contributed by atoms with van der Waals surface area (Å²) < 4.78 is 11.0. The highest BCUT2D eigenvalue weighted by Gasteiger charge is 2.43. The molecule has 0 aliphatic carbocycles. The van der Waals surface area contributed by atoms with E-state index in [1.54, 1.807) is 6.20 Å². The number of ether oxygens (including phenoxy) is 1. The van der Waals surface area contributed by atoms with Gasteiger partial charge < -0.3 is 14.9 Å². The van der Waals surface area contributed by atoms with Gasteiger partial charge in [0, 0.05) is 5.92 Å². The molecule has 1 aromatic heterocycles. The summed E-state index contributed by atoms with van der Waals surface area (Å²) in [7, 11) is 0. The highest BCUT2D eigenvalue weighted by Crippen LogP contribution is 2.44. The third kappa shape index (κ3) is 1.05. The van der Waals surface area contributed by atoms with Crippen LogP contribution in [0.1, 0.15) is 30.9 Å². The van der Waals surface area contributed by atoms with E-state index in [1.807, 2.05) is 0 Å². The molecule has 1 aromatic rings. The molecule has 3 rings (SSSR count). The maximum atomic E-state index is 5.72. The van der Waals surface area contributed by atoms with Crippen LogP contribution >= 0.6 is 0 Å². The normalized spacial score (nSPS) is 37.1. The Hall–Kier alpha value is -1.03. The average Bonchev–Trinajstić information content (AvgIpc) is 2.77. The minimum Gasteiger partial charge on any atom is -0.429 e. The van der Waals surface area contributed by atoms with Crippen molar-refractivity contribution in [2.45, 2.75) is 37.4 Å². The molecular formula is C9H12N2O2. The Balaban J connectivity index is 1.87. The Bertz CT molecular complexity index is 323. The molecule has 0 saturated carbocycles. The predicted octanol–water partition coefficient (Wildman–Crippen LogP) is 1.29. The number of nitrogens with two attached hydrogens (primary N) is 1. The van der Waals surface area contributed by atoms with Crippen LogP contribution in [0.5, 0.6) is 0 Å². The number of anilines is 1. The molecule has 13 heavy (non-hydrogen) atoms. The lowest BCUT2D eigenvalue weighted by molar-refractivity contribution is 0.0987. The first-order chi connectivity index (χ1) is 6.33. The van der Waals surface area contributed by atoms with Crippen LogP contribution in [0.15, 0.2) is 10.6 Å².